The van der Waals surface area contributed by atoms with Crippen LogP contribution >= 0.6 is 0 Å². The summed E-state index contributed by atoms with van der Waals surface area (Å²) in [5.74, 6) is 2.04. The van der Waals surface area contributed by atoms with Gasteiger partial charge < -0.3 is 4.42 Å². The van der Waals surface area contributed by atoms with E-state index in [4.69, 9.17) is 4.42 Å². The smallest absolute Gasteiger partial charge is 0.119 e. The Kier molecular flexibility index (Phi) is 2.66. The molecule has 0 radical (unpaired) electrons. The summed E-state index contributed by atoms with van der Waals surface area (Å²) in [7, 11) is 0. The van der Waals surface area contributed by atoms with E-state index in [9.17, 15) is 0 Å². The molecule has 0 aliphatic carbocycles. The predicted molar refractivity (Wildman–Crippen MR) is 51.1 cm³/mol. The number of hydrogen-bond acceptors (Lipinski definition) is 3. The van der Waals surface area contributed by atoms with Crippen LogP contribution in [0.4, 0.5) is 0 Å². The van der Waals surface area contributed by atoms with Crippen molar-refractivity contribution in [3.8, 4) is 0 Å². The quantitative estimate of drug-likeness (QED) is 0.750. The Morgan fingerprint density at radius 3 is 3.00 bits per heavy atom. The Balaban J connectivity index is 1.89. The summed E-state index contributed by atoms with van der Waals surface area (Å²) in [6.07, 6.45) is 2.57. The molecule has 1 aliphatic rings. The maximum Gasteiger partial charge on any atom is 0.119 e. The zero-order valence-electron chi connectivity index (χ0n) is 8.05. The highest BCUT2D eigenvalue weighted by molar-refractivity contribution is 5.05. The zero-order chi connectivity index (χ0) is 9.10. The first-order valence-electron chi connectivity index (χ1n) is 4.88. The fraction of sp³-hybridized carbons (Fsp3) is 0.600. The van der Waals surface area contributed by atoms with E-state index in [0.717, 1.165) is 31.2 Å². The molecule has 0 bridgehead atoms. The molecular weight excluding hydrogens is 164 g/mol. The average molecular weight is 180 g/mol. The van der Waals surface area contributed by atoms with E-state index in [-0.39, 0.29) is 0 Å². The van der Waals surface area contributed by atoms with Crippen molar-refractivity contribution in [2.45, 2.75) is 26.3 Å². The molecule has 0 saturated carbocycles. The zero-order valence-corrected chi connectivity index (χ0v) is 8.05. The summed E-state index contributed by atoms with van der Waals surface area (Å²) in [5, 5.41) is 2.22. The molecule has 0 amide bonds. The van der Waals surface area contributed by atoms with Crippen molar-refractivity contribution in [2.75, 3.05) is 13.1 Å². The fourth-order valence-corrected chi connectivity index (χ4v) is 1.64. The topological polar surface area (TPSA) is 28.4 Å². The minimum absolute atomic E-state index is 0.883. The monoisotopic (exact) mass is 180 g/mol. The molecule has 2 rings (SSSR count). The molecule has 1 aromatic heterocycles. The molecule has 0 spiro atoms. The maximum atomic E-state index is 5.50. The fourth-order valence-electron chi connectivity index (χ4n) is 1.64. The van der Waals surface area contributed by atoms with E-state index in [2.05, 4.69) is 10.4 Å². The predicted octanol–water partition coefficient (Wildman–Crippen LogP) is 1.69. The van der Waals surface area contributed by atoms with Gasteiger partial charge in [0.25, 0.3) is 0 Å². The molecule has 1 fully saturated rings. The Bertz CT molecular complexity index is 264. The second-order valence-electron chi connectivity index (χ2n) is 3.55. The van der Waals surface area contributed by atoms with Crippen molar-refractivity contribution in [1.82, 2.24) is 10.4 Å². The molecule has 13 heavy (non-hydrogen) atoms. The number of nitrogens with one attached hydrogen (secondary N) is 1. The molecule has 3 heteroatoms. The van der Waals surface area contributed by atoms with Gasteiger partial charge in [0, 0.05) is 13.1 Å². The van der Waals surface area contributed by atoms with Gasteiger partial charge in [-0.25, -0.2) is 5.01 Å². The minimum Gasteiger partial charge on any atom is -0.465 e. The van der Waals surface area contributed by atoms with Crippen LogP contribution in [-0.2, 0) is 6.54 Å². The Morgan fingerprint density at radius 2 is 2.38 bits per heavy atom. The first-order valence-corrected chi connectivity index (χ1v) is 4.88. The highest BCUT2D eigenvalue weighted by atomic mass is 16.3. The third-order valence-corrected chi connectivity index (χ3v) is 2.33. The highest BCUT2D eigenvalue weighted by Crippen LogP contribution is 2.10. The van der Waals surface area contributed by atoms with Crippen molar-refractivity contribution in [2.24, 2.45) is 0 Å². The standard InChI is InChI=1S/C10H16N2O/c1-9-4-5-10(13-9)8-12-7-3-2-6-11-12/h4-5,11H,2-3,6-8H2,1H3. The van der Waals surface area contributed by atoms with Gasteiger partial charge in [-0.1, -0.05) is 0 Å². The molecule has 72 valence electrons. The van der Waals surface area contributed by atoms with E-state index in [1.54, 1.807) is 0 Å². The summed E-state index contributed by atoms with van der Waals surface area (Å²) in [6.45, 7) is 5.08. The molecule has 0 unspecified atom stereocenters. The SMILES string of the molecule is Cc1ccc(CN2CCCCN2)o1. The van der Waals surface area contributed by atoms with Gasteiger partial charge in [0.2, 0.25) is 0 Å². The number of aryl methyl sites for hydroxylation is 1. The molecule has 1 saturated heterocycles. The molecule has 1 aliphatic heterocycles. The largest absolute Gasteiger partial charge is 0.465 e. The van der Waals surface area contributed by atoms with Crippen LogP contribution < -0.4 is 5.43 Å². The maximum absolute atomic E-state index is 5.50. The van der Waals surface area contributed by atoms with Gasteiger partial charge in [0.15, 0.2) is 0 Å². The van der Waals surface area contributed by atoms with Crippen molar-refractivity contribution >= 4 is 0 Å². The summed E-state index contributed by atoms with van der Waals surface area (Å²) < 4.78 is 5.50. The molecule has 1 N–H and O–H groups in total. The van der Waals surface area contributed by atoms with Crippen LogP contribution in [0.15, 0.2) is 16.5 Å². The van der Waals surface area contributed by atoms with Gasteiger partial charge in [-0.15, -0.1) is 0 Å². The first-order chi connectivity index (χ1) is 6.34. The minimum atomic E-state index is 0.883. The number of furan rings is 1. The van der Waals surface area contributed by atoms with Crippen LogP contribution in [0.25, 0.3) is 0 Å². The van der Waals surface area contributed by atoms with Gasteiger partial charge in [-0.2, -0.15) is 0 Å². The van der Waals surface area contributed by atoms with Crippen LogP contribution in [0.2, 0.25) is 0 Å². The number of rotatable bonds is 2. The van der Waals surface area contributed by atoms with Gasteiger partial charge in [0.1, 0.15) is 11.5 Å². The number of nitrogens with zero attached hydrogens (tertiary/aromatic N) is 1. The molecule has 2 heterocycles. The van der Waals surface area contributed by atoms with Crippen molar-refractivity contribution in [3.63, 3.8) is 0 Å². The van der Waals surface area contributed by atoms with Crippen LogP contribution in [0.3, 0.4) is 0 Å². The molecule has 0 atom stereocenters. The van der Waals surface area contributed by atoms with Gasteiger partial charge >= 0.3 is 0 Å². The number of hydrogen-bond donors (Lipinski definition) is 1. The summed E-state index contributed by atoms with van der Waals surface area (Å²) in [6, 6.07) is 4.06. The molecular formula is C10H16N2O. The van der Waals surface area contributed by atoms with Crippen LogP contribution in [0.5, 0.6) is 0 Å². The summed E-state index contributed by atoms with van der Waals surface area (Å²) >= 11 is 0. The molecule has 0 aromatic carbocycles. The Labute approximate surface area is 78.7 Å². The molecule has 1 aromatic rings. The average Bonchev–Trinajstić information content (AvgIpc) is 2.53. The van der Waals surface area contributed by atoms with Crippen molar-refractivity contribution in [3.05, 3.63) is 23.7 Å². The lowest BCUT2D eigenvalue weighted by Gasteiger charge is -2.26. The molecule has 3 nitrogen and oxygen atoms in total. The second-order valence-corrected chi connectivity index (χ2v) is 3.55. The van der Waals surface area contributed by atoms with Crippen LogP contribution in [-0.4, -0.2) is 18.1 Å². The van der Waals surface area contributed by atoms with E-state index in [0.29, 0.717) is 0 Å². The van der Waals surface area contributed by atoms with Gasteiger partial charge in [0.05, 0.1) is 6.54 Å². The highest BCUT2D eigenvalue weighted by Gasteiger charge is 2.10. The number of hydrazine groups is 1. The summed E-state index contributed by atoms with van der Waals surface area (Å²) in [4.78, 5) is 0. The lowest BCUT2D eigenvalue weighted by molar-refractivity contribution is 0.133. The third kappa shape index (κ3) is 2.32. The van der Waals surface area contributed by atoms with E-state index < -0.39 is 0 Å². The van der Waals surface area contributed by atoms with Crippen molar-refractivity contribution in [1.29, 1.82) is 0 Å². The third-order valence-electron chi connectivity index (χ3n) is 2.33. The van der Waals surface area contributed by atoms with E-state index >= 15 is 0 Å². The Hall–Kier alpha value is -0.800. The van der Waals surface area contributed by atoms with E-state index in [1.165, 1.54) is 12.8 Å². The van der Waals surface area contributed by atoms with Crippen LogP contribution in [0, 0.1) is 6.92 Å². The van der Waals surface area contributed by atoms with Gasteiger partial charge in [-0.3, -0.25) is 5.43 Å². The van der Waals surface area contributed by atoms with Crippen molar-refractivity contribution < 1.29 is 4.42 Å². The lowest BCUT2D eigenvalue weighted by atomic mass is 10.2. The first kappa shape index (κ1) is 8.78. The van der Waals surface area contributed by atoms with Crippen LogP contribution in [0.1, 0.15) is 24.4 Å². The van der Waals surface area contributed by atoms with E-state index in [1.807, 2.05) is 19.1 Å². The summed E-state index contributed by atoms with van der Waals surface area (Å²) in [5.41, 5.74) is 3.35. The Morgan fingerprint density at radius 1 is 1.46 bits per heavy atom. The second kappa shape index (κ2) is 3.94. The van der Waals surface area contributed by atoms with Gasteiger partial charge in [-0.05, 0) is 31.9 Å². The normalized spacial score (nSPS) is 19.2. The lowest BCUT2D eigenvalue weighted by Crippen LogP contribution is -2.42.